The molecule has 0 amide bonds. The Hall–Kier alpha value is -0.420. The van der Waals surface area contributed by atoms with Crippen molar-refractivity contribution in [1.82, 2.24) is 4.31 Å². The highest BCUT2D eigenvalue weighted by Gasteiger charge is 2.63. The first-order chi connectivity index (χ1) is 6.84. The molecule has 1 unspecified atom stereocenters. The Bertz CT molecular complexity index is 319. The fourth-order valence-corrected chi connectivity index (χ4v) is 3.42. The minimum Gasteiger partial charge on any atom is -0.480 e. The van der Waals surface area contributed by atoms with E-state index in [1.165, 1.54) is 0 Å². The van der Waals surface area contributed by atoms with Gasteiger partial charge in [0.1, 0.15) is 17.0 Å². The van der Waals surface area contributed by atoms with Crippen LogP contribution in [0.15, 0.2) is 0 Å². The number of carboxylic acid groups (broad SMARTS) is 1. The van der Waals surface area contributed by atoms with E-state index >= 15 is 0 Å². The van der Waals surface area contributed by atoms with Gasteiger partial charge >= 0.3 is 5.97 Å². The number of rotatable bonds is 3. The van der Waals surface area contributed by atoms with Crippen molar-refractivity contribution in [2.24, 2.45) is 5.92 Å². The lowest BCUT2D eigenvalue weighted by Gasteiger charge is -2.18. The summed E-state index contributed by atoms with van der Waals surface area (Å²) < 4.78 is 13.4. The molecule has 2 rings (SSSR count). The van der Waals surface area contributed by atoms with E-state index in [2.05, 4.69) is 0 Å². The first kappa shape index (κ1) is 11.1. The van der Waals surface area contributed by atoms with Crippen molar-refractivity contribution in [2.45, 2.75) is 50.4 Å². The van der Waals surface area contributed by atoms with Crippen molar-refractivity contribution in [3.8, 4) is 0 Å². The number of hydrogen-bond donors (Lipinski definition) is 1. The molecule has 0 aromatic rings. The average Bonchev–Trinajstić information content (AvgIpc) is 2.94. The quantitative estimate of drug-likeness (QED) is 0.737. The Labute approximate surface area is 92.2 Å². The van der Waals surface area contributed by atoms with E-state index in [1.54, 1.807) is 4.31 Å². The van der Waals surface area contributed by atoms with Gasteiger partial charge in [-0.25, -0.2) is 8.51 Å². The highest BCUT2D eigenvalue weighted by atomic mass is 32.2. The molecule has 1 heterocycles. The summed E-state index contributed by atoms with van der Waals surface area (Å²) in [5.41, 5.74) is 0. The zero-order valence-corrected chi connectivity index (χ0v) is 10.1. The molecule has 5 heteroatoms. The van der Waals surface area contributed by atoms with Crippen molar-refractivity contribution < 1.29 is 14.1 Å². The molecule has 1 saturated carbocycles. The molecular weight excluding hydrogens is 214 g/mol. The summed E-state index contributed by atoms with van der Waals surface area (Å²) in [4.78, 5) is 11.0. The molecule has 0 aromatic carbocycles. The van der Waals surface area contributed by atoms with Crippen LogP contribution in [0, 0.1) is 5.92 Å². The van der Waals surface area contributed by atoms with Crippen LogP contribution in [-0.2, 0) is 15.8 Å². The van der Waals surface area contributed by atoms with E-state index in [9.17, 15) is 9.00 Å². The van der Waals surface area contributed by atoms with Gasteiger partial charge in [0.25, 0.3) is 0 Å². The first-order valence-electron chi connectivity index (χ1n) is 5.27. The fourth-order valence-electron chi connectivity index (χ4n) is 1.92. The lowest BCUT2D eigenvalue weighted by Crippen LogP contribution is -2.29. The smallest absolute Gasteiger partial charge is 0.323 e. The summed E-state index contributed by atoms with van der Waals surface area (Å²) in [6.45, 7) is 5.64. The lowest BCUT2D eigenvalue weighted by molar-refractivity contribution is -0.137. The Kier molecular flexibility index (Phi) is 2.43. The van der Waals surface area contributed by atoms with Gasteiger partial charge in [0.05, 0.1) is 10.8 Å². The third-order valence-electron chi connectivity index (χ3n) is 2.88. The van der Waals surface area contributed by atoms with E-state index in [4.69, 9.17) is 5.11 Å². The zero-order valence-electron chi connectivity index (χ0n) is 9.27. The summed E-state index contributed by atoms with van der Waals surface area (Å²) in [7, 11) is -1.19. The molecular formula is C10H17NO3S. The van der Waals surface area contributed by atoms with Crippen LogP contribution in [0.3, 0.4) is 0 Å². The fraction of sp³-hybridized carbons (Fsp3) is 0.900. The predicted molar refractivity (Wildman–Crippen MR) is 57.7 cm³/mol. The molecule has 4 nitrogen and oxygen atoms in total. The molecule has 0 bridgehead atoms. The van der Waals surface area contributed by atoms with E-state index in [-0.39, 0.29) is 10.8 Å². The van der Waals surface area contributed by atoms with Crippen molar-refractivity contribution in [1.29, 1.82) is 0 Å². The summed E-state index contributed by atoms with van der Waals surface area (Å²) in [5.74, 6) is -0.359. The lowest BCUT2D eigenvalue weighted by atomic mass is 10.2. The van der Waals surface area contributed by atoms with Gasteiger partial charge in [-0.15, -0.1) is 0 Å². The van der Waals surface area contributed by atoms with Crippen molar-refractivity contribution in [3.63, 3.8) is 0 Å². The molecule has 2 aliphatic rings. The molecule has 1 saturated heterocycles. The second kappa shape index (κ2) is 3.28. The SMILES string of the molecule is CC(C)(C)[S@@](=O)N1[C@H](C2CC2)[C@@H]1C(=O)O. The van der Waals surface area contributed by atoms with E-state index in [0.29, 0.717) is 5.92 Å². The summed E-state index contributed by atoms with van der Waals surface area (Å²) in [6, 6.07) is -0.472. The highest BCUT2D eigenvalue weighted by Crippen LogP contribution is 2.49. The van der Waals surface area contributed by atoms with Gasteiger partial charge in [-0.1, -0.05) is 0 Å². The van der Waals surface area contributed by atoms with Gasteiger partial charge in [0.2, 0.25) is 0 Å². The second-order valence-corrected chi connectivity index (χ2v) is 7.48. The third kappa shape index (κ3) is 1.95. The molecule has 1 aliphatic heterocycles. The van der Waals surface area contributed by atoms with Gasteiger partial charge in [0, 0.05) is 0 Å². The number of aliphatic carboxylic acids is 1. The molecule has 1 N–H and O–H groups in total. The molecule has 0 spiro atoms. The van der Waals surface area contributed by atoms with Gasteiger partial charge in [-0.3, -0.25) is 4.79 Å². The molecule has 2 fully saturated rings. The molecule has 0 radical (unpaired) electrons. The first-order valence-corrected chi connectivity index (χ1v) is 6.38. The standard InChI is InChI=1S/C10H17NO3S/c1-10(2,3)15(14)11-7(6-4-5-6)8(11)9(12)13/h6-8H,4-5H2,1-3H3,(H,12,13)/t7-,8-,11?,15-/m1/s1. The van der Waals surface area contributed by atoms with Gasteiger partial charge in [0.15, 0.2) is 0 Å². The number of nitrogens with zero attached hydrogens (tertiary/aromatic N) is 1. The Balaban J connectivity index is 2.10. The maximum atomic E-state index is 12.1. The second-order valence-electron chi connectivity index (χ2n) is 5.33. The Morgan fingerprint density at radius 1 is 1.40 bits per heavy atom. The van der Waals surface area contributed by atoms with Crippen LogP contribution < -0.4 is 0 Å². The van der Waals surface area contributed by atoms with Crippen molar-refractivity contribution in [2.75, 3.05) is 0 Å². The molecule has 0 aromatic heterocycles. The van der Waals surface area contributed by atoms with Gasteiger partial charge in [-0.2, -0.15) is 0 Å². The highest BCUT2D eigenvalue weighted by molar-refractivity contribution is 7.84. The van der Waals surface area contributed by atoms with Crippen LogP contribution in [0.4, 0.5) is 0 Å². The minimum absolute atomic E-state index is 0.0301. The van der Waals surface area contributed by atoms with Gasteiger partial charge < -0.3 is 5.11 Å². The van der Waals surface area contributed by atoms with Crippen LogP contribution in [0.25, 0.3) is 0 Å². The van der Waals surface area contributed by atoms with Crippen LogP contribution in [0.5, 0.6) is 0 Å². The number of carboxylic acids is 1. The predicted octanol–water partition coefficient (Wildman–Crippen LogP) is 0.996. The average molecular weight is 231 g/mol. The largest absolute Gasteiger partial charge is 0.480 e. The van der Waals surface area contributed by atoms with Crippen LogP contribution in [-0.4, -0.2) is 36.4 Å². The van der Waals surface area contributed by atoms with E-state index in [0.717, 1.165) is 12.8 Å². The normalized spacial score (nSPS) is 37.4. The monoisotopic (exact) mass is 231 g/mol. The topological polar surface area (TPSA) is 57.4 Å². The molecule has 1 aliphatic carbocycles. The van der Waals surface area contributed by atoms with Gasteiger partial charge in [-0.05, 0) is 39.5 Å². The van der Waals surface area contributed by atoms with E-state index in [1.807, 2.05) is 20.8 Å². The maximum Gasteiger partial charge on any atom is 0.323 e. The number of carbonyl (C=O) groups is 1. The van der Waals surface area contributed by atoms with Crippen molar-refractivity contribution >= 4 is 17.0 Å². The van der Waals surface area contributed by atoms with E-state index < -0.39 is 23.0 Å². The van der Waals surface area contributed by atoms with Crippen LogP contribution in [0.1, 0.15) is 33.6 Å². The zero-order chi connectivity index (χ0) is 11.4. The Morgan fingerprint density at radius 2 is 1.93 bits per heavy atom. The summed E-state index contributed by atoms with van der Waals surface area (Å²) in [5, 5.41) is 9.01. The Morgan fingerprint density at radius 3 is 2.27 bits per heavy atom. The minimum atomic E-state index is -1.19. The maximum absolute atomic E-state index is 12.1. The number of hydrogen-bond acceptors (Lipinski definition) is 2. The summed E-state index contributed by atoms with van der Waals surface area (Å²) in [6.07, 6.45) is 2.18. The van der Waals surface area contributed by atoms with Crippen molar-refractivity contribution in [3.05, 3.63) is 0 Å². The van der Waals surface area contributed by atoms with Crippen LogP contribution in [0.2, 0.25) is 0 Å². The molecule has 15 heavy (non-hydrogen) atoms. The third-order valence-corrected chi connectivity index (χ3v) is 4.78. The van der Waals surface area contributed by atoms with Crippen LogP contribution >= 0.6 is 0 Å². The molecule has 4 atom stereocenters. The summed E-state index contributed by atoms with van der Waals surface area (Å²) >= 11 is 0. The molecule has 86 valence electrons.